The van der Waals surface area contributed by atoms with Crippen LogP contribution in [-0.2, 0) is 18.4 Å². The Morgan fingerprint density at radius 1 is 1.23 bits per heavy atom. The van der Waals surface area contributed by atoms with Gasteiger partial charge in [0.25, 0.3) is 5.69 Å². The number of nitro groups is 1. The number of esters is 1. The smallest absolute Gasteiger partial charge is 0.342 e. The van der Waals surface area contributed by atoms with Crippen molar-refractivity contribution in [2.75, 3.05) is 0 Å². The molecule has 1 heterocycles. The zero-order valence-electron chi connectivity index (χ0n) is 13.8. The maximum absolute atomic E-state index is 13.6. The number of rotatable bonds is 5. The van der Waals surface area contributed by atoms with Crippen LogP contribution in [0.4, 0.5) is 10.1 Å². The van der Waals surface area contributed by atoms with E-state index in [0.29, 0.717) is 11.3 Å². The Kier molecular flexibility index (Phi) is 4.74. The van der Waals surface area contributed by atoms with Crippen LogP contribution in [0.5, 0.6) is 0 Å². The zero-order valence-corrected chi connectivity index (χ0v) is 13.8. The fourth-order valence-corrected chi connectivity index (χ4v) is 2.43. The molecule has 0 unspecified atom stereocenters. The number of ether oxygens (including phenoxy) is 1. The van der Waals surface area contributed by atoms with Crippen LogP contribution in [0, 0.1) is 15.9 Å². The van der Waals surface area contributed by atoms with Crippen LogP contribution >= 0.6 is 0 Å². The van der Waals surface area contributed by atoms with E-state index in [2.05, 4.69) is 5.10 Å². The fourth-order valence-electron chi connectivity index (χ4n) is 2.43. The minimum absolute atomic E-state index is 0.0617. The lowest BCUT2D eigenvalue weighted by Gasteiger charge is -2.06. The Bertz CT molecular complexity index is 967. The summed E-state index contributed by atoms with van der Waals surface area (Å²) >= 11 is 0. The molecule has 26 heavy (non-hydrogen) atoms. The molecule has 7 nitrogen and oxygen atoms in total. The van der Waals surface area contributed by atoms with E-state index in [0.717, 1.165) is 0 Å². The third kappa shape index (κ3) is 3.59. The first kappa shape index (κ1) is 17.3. The summed E-state index contributed by atoms with van der Waals surface area (Å²) in [7, 11) is 1.64. The molecule has 3 rings (SSSR count). The quantitative estimate of drug-likeness (QED) is 0.397. The molecule has 0 aliphatic rings. The Hall–Kier alpha value is -3.55. The highest BCUT2D eigenvalue weighted by molar-refractivity contribution is 5.96. The molecule has 0 fully saturated rings. The predicted octanol–water partition coefficient (Wildman–Crippen LogP) is 3.49. The van der Waals surface area contributed by atoms with Gasteiger partial charge in [-0.15, -0.1) is 0 Å². The molecule has 0 saturated carbocycles. The van der Waals surface area contributed by atoms with E-state index in [-0.39, 0.29) is 23.4 Å². The lowest BCUT2D eigenvalue weighted by atomic mass is 10.1. The van der Waals surface area contributed by atoms with Gasteiger partial charge >= 0.3 is 5.97 Å². The number of halogens is 1. The topological polar surface area (TPSA) is 87.3 Å². The monoisotopic (exact) mass is 355 g/mol. The lowest BCUT2D eigenvalue weighted by Crippen LogP contribution is -2.06. The summed E-state index contributed by atoms with van der Waals surface area (Å²) < 4.78 is 20.3. The molecule has 3 aromatic rings. The van der Waals surface area contributed by atoms with Gasteiger partial charge in [-0.1, -0.05) is 18.2 Å². The van der Waals surface area contributed by atoms with Crippen LogP contribution < -0.4 is 0 Å². The van der Waals surface area contributed by atoms with Gasteiger partial charge in [-0.2, -0.15) is 5.10 Å². The Morgan fingerprint density at radius 3 is 2.58 bits per heavy atom. The first-order valence-electron chi connectivity index (χ1n) is 7.64. The van der Waals surface area contributed by atoms with Crippen molar-refractivity contribution in [3.8, 4) is 11.3 Å². The summed E-state index contributed by atoms with van der Waals surface area (Å²) in [5.41, 5.74) is 1.27. The number of carbonyl (C=O) groups excluding carboxylic acids is 1. The highest BCUT2D eigenvalue weighted by Gasteiger charge is 2.19. The van der Waals surface area contributed by atoms with E-state index in [1.54, 1.807) is 19.2 Å². The van der Waals surface area contributed by atoms with Crippen molar-refractivity contribution in [3.05, 3.63) is 81.8 Å². The SMILES string of the molecule is Cn1cc(C(=O)OCc2ccccc2F)c(-c2ccc([N+](=O)[O-])cc2)n1. The molecule has 0 amide bonds. The fraction of sp³-hybridized carbons (Fsp3) is 0.111. The highest BCUT2D eigenvalue weighted by Crippen LogP contribution is 2.25. The van der Waals surface area contributed by atoms with E-state index in [1.807, 2.05) is 0 Å². The molecule has 0 atom stereocenters. The molecule has 8 heteroatoms. The number of aryl methyl sites for hydroxylation is 1. The van der Waals surface area contributed by atoms with Crippen molar-refractivity contribution < 1.29 is 18.8 Å². The molecule has 1 aromatic heterocycles. The Labute approximate surface area is 147 Å². The lowest BCUT2D eigenvalue weighted by molar-refractivity contribution is -0.384. The van der Waals surface area contributed by atoms with Gasteiger partial charge in [0, 0.05) is 36.5 Å². The summed E-state index contributed by atoms with van der Waals surface area (Å²) in [6.07, 6.45) is 1.49. The summed E-state index contributed by atoms with van der Waals surface area (Å²) in [6, 6.07) is 11.7. The number of non-ortho nitro benzene ring substituents is 1. The van der Waals surface area contributed by atoms with Gasteiger partial charge < -0.3 is 4.74 Å². The third-order valence-electron chi connectivity index (χ3n) is 3.72. The van der Waals surface area contributed by atoms with Gasteiger partial charge in [0.05, 0.1) is 4.92 Å². The summed E-state index contributed by atoms with van der Waals surface area (Å²) in [6.45, 7) is -0.208. The van der Waals surface area contributed by atoms with E-state index >= 15 is 0 Å². The molecule has 132 valence electrons. The van der Waals surface area contributed by atoms with Crippen molar-refractivity contribution in [1.29, 1.82) is 0 Å². The van der Waals surface area contributed by atoms with Gasteiger partial charge in [-0.3, -0.25) is 14.8 Å². The minimum atomic E-state index is -0.658. The highest BCUT2D eigenvalue weighted by atomic mass is 19.1. The van der Waals surface area contributed by atoms with Crippen molar-refractivity contribution >= 4 is 11.7 Å². The van der Waals surface area contributed by atoms with E-state index in [4.69, 9.17) is 4.74 Å². The number of carbonyl (C=O) groups is 1. The van der Waals surface area contributed by atoms with Crippen LogP contribution in [0.3, 0.4) is 0 Å². The van der Waals surface area contributed by atoms with Crippen LogP contribution in [0.25, 0.3) is 11.3 Å². The number of hydrogen-bond donors (Lipinski definition) is 0. The molecule has 0 saturated heterocycles. The molecule has 0 radical (unpaired) electrons. The molecular formula is C18H14FN3O4. The molecule has 0 aliphatic carbocycles. The number of nitrogens with zero attached hydrogens (tertiary/aromatic N) is 3. The molecule has 0 spiro atoms. The minimum Gasteiger partial charge on any atom is -0.457 e. The van der Waals surface area contributed by atoms with Crippen LogP contribution in [0.2, 0.25) is 0 Å². The predicted molar refractivity (Wildman–Crippen MR) is 90.8 cm³/mol. The molecule has 0 aliphatic heterocycles. The van der Waals surface area contributed by atoms with Gasteiger partial charge in [0.1, 0.15) is 23.7 Å². The number of hydrogen-bond acceptors (Lipinski definition) is 5. The maximum atomic E-state index is 13.6. The van der Waals surface area contributed by atoms with Crippen molar-refractivity contribution in [1.82, 2.24) is 9.78 Å². The molecule has 0 bridgehead atoms. The molecule has 0 N–H and O–H groups in total. The summed E-state index contributed by atoms with van der Waals surface area (Å²) in [4.78, 5) is 22.7. The van der Waals surface area contributed by atoms with Crippen LogP contribution in [0.1, 0.15) is 15.9 Å². The van der Waals surface area contributed by atoms with Gasteiger partial charge in [-0.25, -0.2) is 9.18 Å². The number of nitro benzene ring substituents is 1. The Balaban J connectivity index is 1.83. The van der Waals surface area contributed by atoms with Crippen molar-refractivity contribution in [2.24, 2.45) is 7.05 Å². The largest absolute Gasteiger partial charge is 0.457 e. The first-order valence-corrected chi connectivity index (χ1v) is 7.64. The normalized spacial score (nSPS) is 10.5. The third-order valence-corrected chi connectivity index (χ3v) is 3.72. The maximum Gasteiger partial charge on any atom is 0.342 e. The summed E-state index contributed by atoms with van der Waals surface area (Å²) in [5.74, 6) is -1.11. The van der Waals surface area contributed by atoms with E-state index in [9.17, 15) is 19.3 Å². The van der Waals surface area contributed by atoms with E-state index in [1.165, 1.54) is 47.3 Å². The van der Waals surface area contributed by atoms with Gasteiger partial charge in [0.15, 0.2) is 0 Å². The Morgan fingerprint density at radius 2 is 1.92 bits per heavy atom. The molecular weight excluding hydrogens is 341 g/mol. The second kappa shape index (κ2) is 7.14. The second-order valence-corrected chi connectivity index (χ2v) is 5.54. The standard InChI is InChI=1S/C18H14FN3O4/c1-21-10-15(18(23)26-11-13-4-2-3-5-16(13)19)17(20-21)12-6-8-14(9-7-12)22(24)25/h2-10H,11H2,1H3. The van der Waals surface area contributed by atoms with Crippen molar-refractivity contribution in [3.63, 3.8) is 0 Å². The second-order valence-electron chi connectivity index (χ2n) is 5.54. The van der Waals surface area contributed by atoms with Crippen molar-refractivity contribution in [2.45, 2.75) is 6.61 Å². The van der Waals surface area contributed by atoms with Gasteiger partial charge in [-0.05, 0) is 18.2 Å². The average Bonchev–Trinajstić information content (AvgIpc) is 3.03. The van der Waals surface area contributed by atoms with Gasteiger partial charge in [0.2, 0.25) is 0 Å². The first-order chi connectivity index (χ1) is 12.5. The zero-order chi connectivity index (χ0) is 18.7. The van der Waals surface area contributed by atoms with E-state index < -0.39 is 16.7 Å². The van der Waals surface area contributed by atoms with Crippen LogP contribution in [0.15, 0.2) is 54.7 Å². The number of aromatic nitrogens is 2. The molecule has 2 aromatic carbocycles. The average molecular weight is 355 g/mol. The summed E-state index contributed by atoms with van der Waals surface area (Å²) in [5, 5.41) is 15.0. The van der Waals surface area contributed by atoms with Crippen LogP contribution in [-0.4, -0.2) is 20.7 Å². The number of benzene rings is 2.